The van der Waals surface area contributed by atoms with Crippen LogP contribution >= 0.6 is 0 Å². The minimum atomic E-state index is -1.59. The lowest BCUT2D eigenvalue weighted by molar-refractivity contribution is -0.145. The van der Waals surface area contributed by atoms with Gasteiger partial charge in [-0.2, -0.15) is 0 Å². The fraction of sp³-hybridized carbons (Fsp3) is 0.714. The van der Waals surface area contributed by atoms with Crippen LogP contribution in [0.15, 0.2) is 4.99 Å². The quantitative estimate of drug-likeness (QED) is 0.0584. The summed E-state index contributed by atoms with van der Waals surface area (Å²) in [4.78, 5) is 67.2. The summed E-state index contributed by atoms with van der Waals surface area (Å²) in [6.45, 7) is 2.16. The zero-order valence-electron chi connectivity index (χ0n) is 20.9. The number of aliphatic hydroxyl groups is 2. The highest BCUT2D eigenvalue weighted by Crippen LogP contribution is 2.20. The molecular weight excluding hydrogens is 492 g/mol. The molecule has 0 bridgehead atoms. The Hall–Kier alpha value is -3.50. The molecule has 0 aromatic rings. The maximum Gasteiger partial charge on any atom is 0.328 e. The Morgan fingerprint density at radius 2 is 1.70 bits per heavy atom. The Morgan fingerprint density at radius 1 is 1.05 bits per heavy atom. The molecule has 12 N–H and O–H groups in total. The SMILES string of the molecule is C[C@H](N)C(=O)N[C@H](C(=O)N1CCC[C@H]1C(=O)N[C@@H](CCCN=C(N)N)C(=O)N[C@@H](CO)C(=O)O)[C@@H](C)O. The van der Waals surface area contributed by atoms with Crippen molar-refractivity contribution in [2.45, 2.75) is 75.8 Å². The van der Waals surface area contributed by atoms with Crippen molar-refractivity contribution in [2.24, 2.45) is 22.2 Å². The number of rotatable bonds is 14. The second kappa shape index (κ2) is 14.9. The van der Waals surface area contributed by atoms with E-state index in [4.69, 9.17) is 22.3 Å². The number of nitrogens with two attached hydrogens (primary N) is 3. The fourth-order valence-electron chi connectivity index (χ4n) is 3.65. The van der Waals surface area contributed by atoms with Gasteiger partial charge in [0.2, 0.25) is 23.6 Å². The number of aliphatic carboxylic acids is 1. The van der Waals surface area contributed by atoms with Gasteiger partial charge < -0.3 is 53.4 Å². The summed E-state index contributed by atoms with van der Waals surface area (Å²) in [7, 11) is 0. The molecule has 0 radical (unpaired) electrons. The Labute approximate surface area is 214 Å². The molecule has 6 atom stereocenters. The smallest absolute Gasteiger partial charge is 0.328 e. The fourth-order valence-corrected chi connectivity index (χ4v) is 3.65. The van der Waals surface area contributed by atoms with Crippen LogP contribution in [0.3, 0.4) is 0 Å². The number of aliphatic hydroxyl groups excluding tert-OH is 2. The highest BCUT2D eigenvalue weighted by molar-refractivity contribution is 5.96. The number of amides is 4. The molecule has 0 unspecified atom stereocenters. The van der Waals surface area contributed by atoms with Gasteiger partial charge >= 0.3 is 5.97 Å². The van der Waals surface area contributed by atoms with Gasteiger partial charge in [-0.25, -0.2) is 4.79 Å². The van der Waals surface area contributed by atoms with Crippen molar-refractivity contribution in [2.75, 3.05) is 19.7 Å². The largest absolute Gasteiger partial charge is 0.480 e. The van der Waals surface area contributed by atoms with Crippen LogP contribution in [0, 0.1) is 0 Å². The number of carbonyl (C=O) groups excluding carboxylic acids is 4. The van der Waals surface area contributed by atoms with Crippen LogP contribution in [0.5, 0.6) is 0 Å². The van der Waals surface area contributed by atoms with Crippen LogP contribution in [-0.4, -0.2) is 112 Å². The summed E-state index contributed by atoms with van der Waals surface area (Å²) in [5.41, 5.74) is 16.1. The number of aliphatic imine (C=N–C) groups is 1. The number of hydrogen-bond acceptors (Lipinski definition) is 9. The van der Waals surface area contributed by atoms with Crippen LogP contribution in [0.4, 0.5) is 0 Å². The third kappa shape index (κ3) is 9.82. The van der Waals surface area contributed by atoms with Gasteiger partial charge in [0.1, 0.15) is 24.2 Å². The predicted molar refractivity (Wildman–Crippen MR) is 130 cm³/mol. The van der Waals surface area contributed by atoms with Gasteiger partial charge in [0.25, 0.3) is 0 Å². The Kier molecular flexibility index (Phi) is 12.7. The number of likely N-dealkylation sites (tertiary alicyclic amines) is 1. The predicted octanol–water partition coefficient (Wildman–Crippen LogP) is -4.71. The monoisotopic (exact) mass is 530 g/mol. The van der Waals surface area contributed by atoms with E-state index in [1.165, 1.54) is 18.7 Å². The van der Waals surface area contributed by atoms with Crippen LogP contribution in [0.25, 0.3) is 0 Å². The van der Waals surface area contributed by atoms with Crippen molar-refractivity contribution in [3.63, 3.8) is 0 Å². The van der Waals surface area contributed by atoms with Crippen molar-refractivity contribution in [1.29, 1.82) is 0 Å². The summed E-state index contributed by atoms with van der Waals surface area (Å²) in [5, 5.41) is 35.5. The number of carboxylic acids is 1. The number of carbonyl (C=O) groups is 5. The maximum absolute atomic E-state index is 13.1. The number of carboxylic acid groups (broad SMARTS) is 1. The lowest BCUT2D eigenvalue weighted by Crippen LogP contribution is -2.60. The lowest BCUT2D eigenvalue weighted by Gasteiger charge is -2.31. The first kappa shape index (κ1) is 31.5. The first-order valence-corrected chi connectivity index (χ1v) is 11.8. The summed E-state index contributed by atoms with van der Waals surface area (Å²) >= 11 is 0. The second-order valence-corrected chi connectivity index (χ2v) is 8.80. The Morgan fingerprint density at radius 3 is 2.22 bits per heavy atom. The lowest BCUT2D eigenvalue weighted by atomic mass is 10.1. The van der Waals surface area contributed by atoms with Gasteiger partial charge in [-0.15, -0.1) is 0 Å². The van der Waals surface area contributed by atoms with E-state index in [0.717, 1.165) is 0 Å². The maximum atomic E-state index is 13.1. The van der Waals surface area contributed by atoms with Crippen LogP contribution < -0.4 is 33.2 Å². The summed E-state index contributed by atoms with van der Waals surface area (Å²) in [6, 6.07) is -6.10. The molecule has 0 aromatic heterocycles. The first-order valence-electron chi connectivity index (χ1n) is 11.8. The molecule has 1 saturated heterocycles. The van der Waals surface area contributed by atoms with Crippen molar-refractivity contribution in [1.82, 2.24) is 20.9 Å². The van der Waals surface area contributed by atoms with Crippen molar-refractivity contribution in [3.05, 3.63) is 0 Å². The third-order valence-electron chi connectivity index (χ3n) is 5.67. The van der Waals surface area contributed by atoms with Crippen molar-refractivity contribution >= 4 is 35.6 Å². The topological polar surface area (TPSA) is 276 Å². The van der Waals surface area contributed by atoms with Gasteiger partial charge in [0, 0.05) is 13.1 Å². The average Bonchev–Trinajstić information content (AvgIpc) is 3.31. The normalized spacial score (nSPS) is 19.1. The molecule has 1 fully saturated rings. The zero-order chi connectivity index (χ0) is 28.3. The van der Waals surface area contributed by atoms with E-state index in [1.54, 1.807) is 0 Å². The minimum absolute atomic E-state index is 0.0214. The molecule has 1 aliphatic heterocycles. The van der Waals surface area contributed by atoms with E-state index in [0.29, 0.717) is 6.42 Å². The Bertz CT molecular complexity index is 861. The molecule has 0 aromatic carbocycles. The van der Waals surface area contributed by atoms with Crippen LogP contribution in [0.2, 0.25) is 0 Å². The summed E-state index contributed by atoms with van der Waals surface area (Å²) in [6.07, 6.45) is -0.312. The molecule has 16 nitrogen and oxygen atoms in total. The molecule has 16 heteroatoms. The third-order valence-corrected chi connectivity index (χ3v) is 5.67. The number of hydrogen-bond donors (Lipinski definition) is 9. The molecule has 1 heterocycles. The molecule has 1 rings (SSSR count). The molecule has 37 heavy (non-hydrogen) atoms. The highest BCUT2D eigenvalue weighted by atomic mass is 16.4. The first-order chi connectivity index (χ1) is 17.3. The molecule has 0 saturated carbocycles. The van der Waals surface area contributed by atoms with E-state index < -0.39 is 72.5 Å². The Balaban J connectivity index is 3.04. The van der Waals surface area contributed by atoms with Crippen LogP contribution in [0.1, 0.15) is 39.5 Å². The standard InChI is InChI=1S/C21H38N8O8/c1-10(22)16(32)28-15(11(2)31)19(35)29-8-4-6-14(29)18(34)26-12(5-3-7-25-21(23)24)17(33)27-13(9-30)20(36)37/h10-15,30-31H,3-9,22H2,1-2H3,(H,26,34)(H,27,33)(H,28,32)(H,36,37)(H4,23,24,25)/t10-,11+,12-,13-,14-,15-/m0/s1. The second-order valence-electron chi connectivity index (χ2n) is 8.80. The van der Waals surface area contributed by atoms with E-state index in [9.17, 15) is 34.2 Å². The van der Waals surface area contributed by atoms with E-state index in [1.807, 2.05) is 0 Å². The molecule has 210 valence electrons. The molecule has 0 aliphatic carbocycles. The van der Waals surface area contributed by atoms with Crippen molar-refractivity contribution < 1.29 is 39.3 Å². The zero-order valence-corrected chi connectivity index (χ0v) is 20.9. The van der Waals surface area contributed by atoms with E-state index in [2.05, 4.69) is 20.9 Å². The summed E-state index contributed by atoms with van der Waals surface area (Å²) < 4.78 is 0. The van der Waals surface area contributed by atoms with Crippen molar-refractivity contribution in [3.8, 4) is 0 Å². The molecule has 4 amide bonds. The number of nitrogens with zero attached hydrogens (tertiary/aromatic N) is 2. The minimum Gasteiger partial charge on any atom is -0.480 e. The average molecular weight is 531 g/mol. The number of guanidine groups is 1. The van der Waals surface area contributed by atoms with Gasteiger partial charge in [-0.3, -0.25) is 24.2 Å². The molecule has 0 spiro atoms. The van der Waals surface area contributed by atoms with E-state index >= 15 is 0 Å². The number of nitrogens with one attached hydrogen (secondary N) is 3. The van der Waals surface area contributed by atoms with E-state index in [-0.39, 0.29) is 38.3 Å². The highest BCUT2D eigenvalue weighted by Gasteiger charge is 2.40. The van der Waals surface area contributed by atoms with Gasteiger partial charge in [0.05, 0.1) is 18.8 Å². The van der Waals surface area contributed by atoms with Gasteiger partial charge in [0.15, 0.2) is 5.96 Å². The molecular formula is C21H38N8O8. The molecule has 1 aliphatic rings. The van der Waals surface area contributed by atoms with Gasteiger partial charge in [-0.1, -0.05) is 0 Å². The summed E-state index contributed by atoms with van der Waals surface area (Å²) in [5.74, 6) is -4.53. The van der Waals surface area contributed by atoms with Gasteiger partial charge in [-0.05, 0) is 39.5 Å². The van der Waals surface area contributed by atoms with Crippen LogP contribution in [-0.2, 0) is 24.0 Å².